The van der Waals surface area contributed by atoms with Crippen LogP contribution in [0.4, 0.5) is 4.39 Å². The Morgan fingerprint density at radius 1 is 1.40 bits per heavy atom. The normalized spacial score (nSPS) is 12.0. The molecule has 20 heavy (non-hydrogen) atoms. The first-order valence-corrected chi connectivity index (χ1v) is 6.87. The van der Waals surface area contributed by atoms with Crippen LogP contribution in [0.2, 0.25) is 0 Å². The van der Waals surface area contributed by atoms with E-state index >= 15 is 0 Å². The van der Waals surface area contributed by atoms with Gasteiger partial charge in [-0.05, 0) is 44.5 Å². The molecule has 5 heteroatoms. The average Bonchev–Trinajstić information content (AvgIpc) is 2.42. The highest BCUT2D eigenvalue weighted by Crippen LogP contribution is 2.18. The molecule has 0 saturated carbocycles. The van der Waals surface area contributed by atoms with Crippen LogP contribution in [-0.4, -0.2) is 31.8 Å². The van der Waals surface area contributed by atoms with Crippen LogP contribution in [0.5, 0.6) is 5.75 Å². The molecule has 0 radical (unpaired) electrons. The molecular formula is C15H22FNO3. The van der Waals surface area contributed by atoms with Crippen LogP contribution in [0.15, 0.2) is 18.2 Å². The second-order valence-corrected chi connectivity index (χ2v) is 4.50. The number of halogens is 1. The van der Waals surface area contributed by atoms with Crippen LogP contribution >= 0.6 is 0 Å². The number of carbonyl (C=O) groups excluding carboxylic acids is 1. The first kappa shape index (κ1) is 16.4. The molecule has 0 aliphatic rings. The zero-order valence-corrected chi connectivity index (χ0v) is 12.2. The van der Waals surface area contributed by atoms with E-state index < -0.39 is 11.9 Å². The highest BCUT2D eigenvalue weighted by molar-refractivity contribution is 5.76. The number of hydrogen-bond donors (Lipinski definition) is 1. The fraction of sp³-hybridized carbons (Fsp3) is 0.533. The summed E-state index contributed by atoms with van der Waals surface area (Å²) in [5.41, 5.74) is 0.899. The number of hydrogen-bond acceptors (Lipinski definition) is 4. The zero-order chi connectivity index (χ0) is 15.0. The molecule has 0 bridgehead atoms. The maximum atomic E-state index is 13.6. The van der Waals surface area contributed by atoms with Crippen LogP contribution in [0.25, 0.3) is 0 Å². The Morgan fingerprint density at radius 3 is 2.80 bits per heavy atom. The topological polar surface area (TPSA) is 47.6 Å². The van der Waals surface area contributed by atoms with E-state index in [9.17, 15) is 9.18 Å². The summed E-state index contributed by atoms with van der Waals surface area (Å²) in [6, 6.07) is 4.04. The lowest BCUT2D eigenvalue weighted by atomic mass is 10.2. The molecule has 0 saturated heterocycles. The number of esters is 1. The minimum Gasteiger partial charge on any atom is -0.488 e. The molecule has 0 aromatic heterocycles. The van der Waals surface area contributed by atoms with E-state index in [1.807, 2.05) is 13.8 Å². The van der Waals surface area contributed by atoms with Gasteiger partial charge in [-0.2, -0.15) is 0 Å². The van der Waals surface area contributed by atoms with Crippen LogP contribution in [0, 0.1) is 12.7 Å². The summed E-state index contributed by atoms with van der Waals surface area (Å²) < 4.78 is 23.9. The van der Waals surface area contributed by atoms with Crippen molar-refractivity contribution < 1.29 is 18.7 Å². The third-order valence-corrected chi connectivity index (χ3v) is 2.70. The van der Waals surface area contributed by atoms with Gasteiger partial charge in [0.05, 0.1) is 6.61 Å². The van der Waals surface area contributed by atoms with Gasteiger partial charge < -0.3 is 14.8 Å². The van der Waals surface area contributed by atoms with E-state index in [1.54, 1.807) is 19.1 Å². The summed E-state index contributed by atoms with van der Waals surface area (Å²) in [4.78, 5) is 11.8. The van der Waals surface area contributed by atoms with E-state index in [0.29, 0.717) is 13.2 Å². The van der Waals surface area contributed by atoms with Gasteiger partial charge in [0.25, 0.3) is 0 Å². The highest BCUT2D eigenvalue weighted by Gasteiger charge is 2.20. The van der Waals surface area contributed by atoms with Gasteiger partial charge >= 0.3 is 5.97 Å². The second-order valence-electron chi connectivity index (χ2n) is 4.50. The summed E-state index contributed by atoms with van der Waals surface area (Å²) in [7, 11) is 0. The SMILES string of the molecule is CCCNC(COc1cc(C)ccc1F)C(=O)OCC. The summed E-state index contributed by atoms with van der Waals surface area (Å²) in [6.45, 7) is 6.61. The van der Waals surface area contributed by atoms with Gasteiger partial charge in [-0.1, -0.05) is 13.0 Å². The maximum Gasteiger partial charge on any atom is 0.326 e. The Hall–Kier alpha value is -1.62. The van der Waals surface area contributed by atoms with Crippen molar-refractivity contribution in [3.63, 3.8) is 0 Å². The number of nitrogens with one attached hydrogen (secondary N) is 1. The molecule has 1 unspecified atom stereocenters. The summed E-state index contributed by atoms with van der Waals surface area (Å²) >= 11 is 0. The molecule has 1 aromatic carbocycles. The number of benzene rings is 1. The van der Waals surface area contributed by atoms with E-state index in [4.69, 9.17) is 9.47 Å². The van der Waals surface area contributed by atoms with Crippen molar-refractivity contribution in [3.8, 4) is 5.75 Å². The Bertz CT molecular complexity index is 437. The van der Waals surface area contributed by atoms with Crippen molar-refractivity contribution in [3.05, 3.63) is 29.6 Å². The van der Waals surface area contributed by atoms with Gasteiger partial charge in [0.1, 0.15) is 12.6 Å². The maximum absolute atomic E-state index is 13.6. The molecular weight excluding hydrogens is 261 g/mol. The molecule has 112 valence electrons. The lowest BCUT2D eigenvalue weighted by Gasteiger charge is -2.18. The molecule has 1 atom stereocenters. The highest BCUT2D eigenvalue weighted by atomic mass is 19.1. The minimum absolute atomic E-state index is 0.0409. The summed E-state index contributed by atoms with van der Waals surface area (Å²) in [5.74, 6) is -0.666. The van der Waals surface area contributed by atoms with E-state index in [1.165, 1.54) is 6.07 Å². The van der Waals surface area contributed by atoms with Crippen molar-refractivity contribution in [2.75, 3.05) is 19.8 Å². The first-order valence-electron chi connectivity index (χ1n) is 6.87. The van der Waals surface area contributed by atoms with Gasteiger partial charge in [-0.3, -0.25) is 4.79 Å². The van der Waals surface area contributed by atoms with Crippen molar-refractivity contribution in [1.82, 2.24) is 5.32 Å². The van der Waals surface area contributed by atoms with E-state index in [2.05, 4.69) is 5.32 Å². The number of aryl methyl sites for hydroxylation is 1. The Morgan fingerprint density at radius 2 is 2.15 bits per heavy atom. The van der Waals surface area contributed by atoms with E-state index in [-0.39, 0.29) is 18.3 Å². The molecule has 4 nitrogen and oxygen atoms in total. The molecule has 1 rings (SSSR count). The monoisotopic (exact) mass is 283 g/mol. The Balaban J connectivity index is 2.64. The second kappa shape index (κ2) is 8.53. The molecule has 1 aromatic rings. The molecule has 0 heterocycles. The minimum atomic E-state index is -0.588. The Kier molecular flexibility index (Phi) is 7.01. The molecule has 1 N–H and O–H groups in total. The van der Waals surface area contributed by atoms with Gasteiger partial charge in [-0.25, -0.2) is 4.39 Å². The zero-order valence-electron chi connectivity index (χ0n) is 12.2. The molecule has 0 fully saturated rings. The molecule has 0 aliphatic heterocycles. The quantitative estimate of drug-likeness (QED) is 0.744. The number of carbonyl (C=O) groups is 1. The third kappa shape index (κ3) is 5.17. The van der Waals surface area contributed by atoms with Gasteiger partial charge in [0, 0.05) is 0 Å². The van der Waals surface area contributed by atoms with E-state index in [0.717, 1.165) is 12.0 Å². The van der Waals surface area contributed by atoms with Gasteiger partial charge in [0.2, 0.25) is 0 Å². The third-order valence-electron chi connectivity index (χ3n) is 2.70. The summed E-state index contributed by atoms with van der Waals surface area (Å²) in [6.07, 6.45) is 0.884. The van der Waals surface area contributed by atoms with Gasteiger partial charge in [0.15, 0.2) is 11.6 Å². The fourth-order valence-electron chi connectivity index (χ4n) is 1.67. The molecule has 0 spiro atoms. The van der Waals surface area contributed by atoms with Crippen molar-refractivity contribution in [2.24, 2.45) is 0 Å². The van der Waals surface area contributed by atoms with Crippen LogP contribution in [0.3, 0.4) is 0 Å². The Labute approximate surface area is 119 Å². The fourth-order valence-corrected chi connectivity index (χ4v) is 1.67. The lowest BCUT2D eigenvalue weighted by molar-refractivity contribution is -0.146. The van der Waals surface area contributed by atoms with Crippen LogP contribution in [0.1, 0.15) is 25.8 Å². The van der Waals surface area contributed by atoms with Crippen molar-refractivity contribution in [2.45, 2.75) is 33.2 Å². The van der Waals surface area contributed by atoms with Crippen LogP contribution in [-0.2, 0) is 9.53 Å². The first-order chi connectivity index (χ1) is 9.58. The molecule has 0 amide bonds. The number of rotatable bonds is 8. The van der Waals surface area contributed by atoms with Crippen molar-refractivity contribution in [1.29, 1.82) is 0 Å². The van der Waals surface area contributed by atoms with Crippen molar-refractivity contribution >= 4 is 5.97 Å². The average molecular weight is 283 g/mol. The molecule has 0 aliphatic carbocycles. The summed E-state index contributed by atoms with van der Waals surface area (Å²) in [5, 5.41) is 3.04. The smallest absolute Gasteiger partial charge is 0.326 e. The predicted molar refractivity (Wildman–Crippen MR) is 75.3 cm³/mol. The number of ether oxygens (including phenoxy) is 2. The largest absolute Gasteiger partial charge is 0.488 e. The predicted octanol–water partition coefficient (Wildman–Crippen LogP) is 2.44. The van der Waals surface area contributed by atoms with Gasteiger partial charge in [-0.15, -0.1) is 0 Å². The van der Waals surface area contributed by atoms with Crippen LogP contribution < -0.4 is 10.1 Å². The lowest BCUT2D eigenvalue weighted by Crippen LogP contribution is -2.43. The standard InChI is InChI=1S/C15H22FNO3/c1-4-8-17-13(15(18)19-5-2)10-20-14-9-11(3)6-7-12(14)16/h6-7,9,13,17H,4-5,8,10H2,1-3H3.